The van der Waals surface area contributed by atoms with Gasteiger partial charge in [-0.25, -0.2) is 9.18 Å². The first-order chi connectivity index (χ1) is 9.31. The summed E-state index contributed by atoms with van der Waals surface area (Å²) in [7, 11) is 0. The van der Waals surface area contributed by atoms with Crippen molar-refractivity contribution in [3.63, 3.8) is 0 Å². The molecule has 0 fully saturated rings. The molecule has 1 rings (SSSR count). The van der Waals surface area contributed by atoms with E-state index >= 15 is 0 Å². The smallest absolute Gasteiger partial charge is 0.326 e. The number of carboxylic acid groups (broad SMARTS) is 1. The number of carbonyl (C=O) groups excluding carboxylic acids is 1. The van der Waals surface area contributed by atoms with Gasteiger partial charge in [-0.1, -0.05) is 12.1 Å². The molecule has 0 aliphatic carbocycles. The van der Waals surface area contributed by atoms with Crippen molar-refractivity contribution < 1.29 is 24.2 Å². The minimum absolute atomic E-state index is 0.0780. The van der Waals surface area contributed by atoms with E-state index in [0.29, 0.717) is 5.56 Å². The standard InChI is InChI=1S/C13H17FN2O4/c1-7(17)11(15)12(18)16-10(13(19)20)6-8-3-2-4-9(14)5-8/h2-5,7,10-11,17H,6,15H2,1H3,(H,16,18)(H,19,20)/t7-,10?,11+/m0/s1. The molecule has 7 heteroatoms. The first-order valence-corrected chi connectivity index (χ1v) is 6.02. The van der Waals surface area contributed by atoms with Crippen LogP contribution in [0.2, 0.25) is 0 Å². The molecule has 1 amide bonds. The fourth-order valence-corrected chi connectivity index (χ4v) is 1.59. The average molecular weight is 284 g/mol. The van der Waals surface area contributed by atoms with E-state index in [-0.39, 0.29) is 6.42 Å². The van der Waals surface area contributed by atoms with Gasteiger partial charge in [-0.2, -0.15) is 0 Å². The summed E-state index contributed by atoms with van der Waals surface area (Å²) in [5.41, 5.74) is 5.84. The average Bonchev–Trinajstić information content (AvgIpc) is 2.36. The molecule has 0 bridgehead atoms. The van der Waals surface area contributed by atoms with Gasteiger partial charge in [0.15, 0.2) is 0 Å². The molecule has 20 heavy (non-hydrogen) atoms. The van der Waals surface area contributed by atoms with Crippen molar-refractivity contribution in [1.29, 1.82) is 0 Å². The molecule has 110 valence electrons. The molecule has 1 unspecified atom stereocenters. The lowest BCUT2D eigenvalue weighted by molar-refractivity contribution is -0.142. The van der Waals surface area contributed by atoms with Crippen molar-refractivity contribution in [2.75, 3.05) is 0 Å². The lowest BCUT2D eigenvalue weighted by Crippen LogP contribution is -2.52. The van der Waals surface area contributed by atoms with Gasteiger partial charge in [-0.3, -0.25) is 4.79 Å². The molecule has 0 saturated heterocycles. The predicted molar refractivity (Wildman–Crippen MR) is 69.3 cm³/mol. The predicted octanol–water partition coefficient (Wildman–Crippen LogP) is -0.354. The monoisotopic (exact) mass is 284 g/mol. The van der Waals surface area contributed by atoms with Crippen LogP contribution in [0, 0.1) is 5.82 Å². The molecule has 5 N–H and O–H groups in total. The Hall–Kier alpha value is -1.99. The van der Waals surface area contributed by atoms with E-state index in [1.165, 1.54) is 25.1 Å². The Balaban J connectivity index is 2.75. The highest BCUT2D eigenvalue weighted by atomic mass is 19.1. The molecule has 6 nitrogen and oxygen atoms in total. The van der Waals surface area contributed by atoms with Crippen LogP contribution in [0.25, 0.3) is 0 Å². The van der Waals surface area contributed by atoms with Crippen LogP contribution in [0.3, 0.4) is 0 Å². The van der Waals surface area contributed by atoms with Crippen LogP contribution < -0.4 is 11.1 Å². The summed E-state index contributed by atoms with van der Waals surface area (Å²) in [6, 6.07) is 2.98. The number of hydrogen-bond acceptors (Lipinski definition) is 4. The Morgan fingerprint density at radius 1 is 1.45 bits per heavy atom. The molecule has 0 spiro atoms. The van der Waals surface area contributed by atoms with Gasteiger partial charge in [0.2, 0.25) is 5.91 Å². The normalized spacial score (nSPS) is 15.2. The minimum atomic E-state index is -1.26. The van der Waals surface area contributed by atoms with Crippen molar-refractivity contribution in [3.8, 4) is 0 Å². The second-order valence-corrected chi connectivity index (χ2v) is 4.50. The molecule has 1 aromatic carbocycles. The topological polar surface area (TPSA) is 113 Å². The summed E-state index contributed by atoms with van der Waals surface area (Å²) in [6.45, 7) is 1.33. The number of halogens is 1. The van der Waals surface area contributed by atoms with Crippen molar-refractivity contribution in [1.82, 2.24) is 5.32 Å². The van der Waals surface area contributed by atoms with Gasteiger partial charge in [0.1, 0.15) is 17.9 Å². The van der Waals surface area contributed by atoms with Crippen molar-refractivity contribution in [2.24, 2.45) is 5.73 Å². The number of aliphatic carboxylic acids is 1. The fourth-order valence-electron chi connectivity index (χ4n) is 1.59. The molecule has 0 radical (unpaired) electrons. The second kappa shape index (κ2) is 6.97. The van der Waals surface area contributed by atoms with Crippen LogP contribution in [-0.4, -0.2) is 40.3 Å². The number of rotatable bonds is 6. The zero-order valence-corrected chi connectivity index (χ0v) is 10.9. The van der Waals surface area contributed by atoms with Gasteiger partial charge in [-0.05, 0) is 24.6 Å². The van der Waals surface area contributed by atoms with E-state index in [1.807, 2.05) is 0 Å². The lowest BCUT2D eigenvalue weighted by atomic mass is 10.0. The Morgan fingerprint density at radius 2 is 2.10 bits per heavy atom. The molecular weight excluding hydrogens is 267 g/mol. The first kappa shape index (κ1) is 16.1. The van der Waals surface area contributed by atoms with E-state index in [1.54, 1.807) is 6.07 Å². The number of nitrogens with two attached hydrogens (primary N) is 1. The molecule has 0 aliphatic rings. The van der Waals surface area contributed by atoms with Gasteiger partial charge in [0.05, 0.1) is 6.10 Å². The molecule has 3 atom stereocenters. The fraction of sp³-hybridized carbons (Fsp3) is 0.385. The van der Waals surface area contributed by atoms with E-state index in [9.17, 15) is 19.1 Å². The molecule has 1 aromatic rings. The quantitative estimate of drug-likeness (QED) is 0.570. The van der Waals surface area contributed by atoms with E-state index in [4.69, 9.17) is 10.8 Å². The maximum Gasteiger partial charge on any atom is 0.326 e. The van der Waals surface area contributed by atoms with E-state index < -0.39 is 35.9 Å². The molecular formula is C13H17FN2O4. The number of nitrogens with one attached hydrogen (secondary N) is 1. The van der Waals surface area contributed by atoms with E-state index in [0.717, 1.165) is 0 Å². The zero-order chi connectivity index (χ0) is 15.3. The summed E-state index contributed by atoms with van der Waals surface area (Å²) in [4.78, 5) is 22.7. The van der Waals surface area contributed by atoms with Crippen molar-refractivity contribution >= 4 is 11.9 Å². The van der Waals surface area contributed by atoms with Crippen molar-refractivity contribution in [2.45, 2.75) is 31.5 Å². The highest BCUT2D eigenvalue weighted by molar-refractivity contribution is 5.87. The number of benzene rings is 1. The summed E-state index contributed by atoms with van der Waals surface area (Å²) in [6.07, 6.45) is -1.18. The lowest BCUT2D eigenvalue weighted by Gasteiger charge is -2.19. The van der Waals surface area contributed by atoms with Gasteiger partial charge in [-0.15, -0.1) is 0 Å². The molecule has 0 aromatic heterocycles. The van der Waals surface area contributed by atoms with Crippen LogP contribution in [0.1, 0.15) is 12.5 Å². The number of carbonyl (C=O) groups is 2. The maximum absolute atomic E-state index is 13.0. The summed E-state index contributed by atoms with van der Waals surface area (Å²) in [5, 5.41) is 20.5. The number of aliphatic hydroxyl groups excluding tert-OH is 1. The summed E-state index contributed by atoms with van der Waals surface area (Å²) < 4.78 is 13.0. The Labute approximate surface area is 115 Å². The number of aliphatic hydroxyl groups is 1. The first-order valence-electron chi connectivity index (χ1n) is 6.02. The Morgan fingerprint density at radius 3 is 2.60 bits per heavy atom. The third kappa shape index (κ3) is 4.60. The molecule has 0 aliphatic heterocycles. The van der Waals surface area contributed by atoms with Gasteiger partial charge in [0.25, 0.3) is 0 Å². The number of hydrogen-bond donors (Lipinski definition) is 4. The van der Waals surface area contributed by atoms with Crippen molar-refractivity contribution in [3.05, 3.63) is 35.6 Å². The van der Waals surface area contributed by atoms with Crippen LogP contribution >= 0.6 is 0 Å². The maximum atomic E-state index is 13.0. The Kier molecular flexibility index (Phi) is 5.60. The van der Waals surface area contributed by atoms with E-state index in [2.05, 4.69) is 5.32 Å². The van der Waals surface area contributed by atoms with Gasteiger partial charge < -0.3 is 21.3 Å². The van der Waals surface area contributed by atoms with Crippen LogP contribution in [0.5, 0.6) is 0 Å². The van der Waals surface area contributed by atoms with Crippen LogP contribution in [0.4, 0.5) is 4.39 Å². The minimum Gasteiger partial charge on any atom is -0.480 e. The zero-order valence-electron chi connectivity index (χ0n) is 10.9. The van der Waals surface area contributed by atoms with Crippen LogP contribution in [-0.2, 0) is 16.0 Å². The molecule has 0 saturated carbocycles. The summed E-state index contributed by atoms with van der Waals surface area (Å²) in [5.74, 6) is -2.53. The number of amides is 1. The third-order valence-corrected chi connectivity index (χ3v) is 2.77. The SMILES string of the molecule is C[C@H](O)[C@@H](N)C(=O)NC(Cc1cccc(F)c1)C(=O)O. The Bertz CT molecular complexity index is 493. The van der Waals surface area contributed by atoms with Gasteiger partial charge in [0, 0.05) is 6.42 Å². The number of carboxylic acids is 1. The van der Waals surface area contributed by atoms with Gasteiger partial charge >= 0.3 is 5.97 Å². The summed E-state index contributed by atoms with van der Waals surface area (Å²) >= 11 is 0. The largest absolute Gasteiger partial charge is 0.480 e. The van der Waals surface area contributed by atoms with Crippen LogP contribution in [0.15, 0.2) is 24.3 Å². The third-order valence-electron chi connectivity index (χ3n) is 2.77. The highest BCUT2D eigenvalue weighted by Crippen LogP contribution is 2.07. The second-order valence-electron chi connectivity index (χ2n) is 4.50. The highest BCUT2D eigenvalue weighted by Gasteiger charge is 2.25. The molecule has 0 heterocycles.